The number of hydrogen-bond donors (Lipinski definition) is 2. The van der Waals surface area contributed by atoms with Crippen molar-refractivity contribution in [2.24, 2.45) is 0 Å². The number of thioether (sulfide) groups is 1. The summed E-state index contributed by atoms with van der Waals surface area (Å²) in [6.45, 7) is 4.65. The Morgan fingerprint density at radius 2 is 2.04 bits per heavy atom. The van der Waals surface area contributed by atoms with Gasteiger partial charge in [0.25, 0.3) is 5.91 Å². The van der Waals surface area contributed by atoms with Gasteiger partial charge in [0.2, 0.25) is 0 Å². The van der Waals surface area contributed by atoms with Crippen molar-refractivity contribution < 1.29 is 19.1 Å². The Hall–Kier alpha value is -2.21. The topological polar surface area (TPSA) is 79.5 Å². The summed E-state index contributed by atoms with van der Waals surface area (Å²) in [6, 6.07) is 11.5. The third-order valence-electron chi connectivity index (χ3n) is 3.43. The summed E-state index contributed by atoms with van der Waals surface area (Å²) in [5, 5.41) is 11.3. The maximum absolute atomic E-state index is 12.0. The fraction of sp³-hybridized carbons (Fsp3) is 0.333. The first-order valence-electron chi connectivity index (χ1n) is 7.75. The van der Waals surface area contributed by atoms with Crippen LogP contribution in [0, 0.1) is 0 Å². The highest BCUT2D eigenvalue weighted by atomic mass is 32.2. The quantitative estimate of drug-likeness (QED) is 0.713. The molecule has 0 unspecified atom stereocenters. The number of carboxylic acid groups (broad SMARTS) is 1. The lowest BCUT2D eigenvalue weighted by Gasteiger charge is -2.06. The number of carboxylic acids is 1. The second kappa shape index (κ2) is 8.59. The average Bonchev–Trinajstić information content (AvgIpc) is 3.04. The van der Waals surface area contributed by atoms with E-state index >= 15 is 0 Å². The van der Waals surface area contributed by atoms with Crippen LogP contribution in [0.4, 0.5) is 0 Å². The summed E-state index contributed by atoms with van der Waals surface area (Å²) in [7, 11) is 0. The van der Waals surface area contributed by atoms with E-state index in [0.29, 0.717) is 24.0 Å². The highest BCUT2D eigenvalue weighted by Gasteiger charge is 2.12. The van der Waals surface area contributed by atoms with Crippen molar-refractivity contribution in [1.29, 1.82) is 0 Å². The molecule has 0 radical (unpaired) electrons. The van der Waals surface area contributed by atoms with Gasteiger partial charge in [-0.25, -0.2) is 0 Å². The average molecular weight is 347 g/mol. The molecule has 0 aliphatic heterocycles. The minimum atomic E-state index is -0.856. The van der Waals surface area contributed by atoms with Crippen LogP contribution >= 0.6 is 11.8 Å². The molecule has 0 fully saturated rings. The number of amides is 1. The zero-order chi connectivity index (χ0) is 17.5. The van der Waals surface area contributed by atoms with Crippen molar-refractivity contribution in [3.05, 3.63) is 47.7 Å². The van der Waals surface area contributed by atoms with Gasteiger partial charge < -0.3 is 14.8 Å². The molecular formula is C18H21NO4S. The van der Waals surface area contributed by atoms with Crippen LogP contribution < -0.4 is 5.32 Å². The highest BCUT2D eigenvalue weighted by molar-refractivity contribution is 7.99. The molecular weight excluding hydrogens is 326 g/mol. The Balaban J connectivity index is 1.94. The van der Waals surface area contributed by atoms with Crippen LogP contribution in [0.25, 0.3) is 11.3 Å². The van der Waals surface area contributed by atoms with Crippen LogP contribution in [0.15, 0.2) is 40.8 Å². The second-order valence-corrected chi connectivity index (χ2v) is 6.75. The molecule has 24 heavy (non-hydrogen) atoms. The van der Waals surface area contributed by atoms with E-state index in [-0.39, 0.29) is 17.4 Å². The van der Waals surface area contributed by atoms with E-state index in [1.807, 2.05) is 12.1 Å². The maximum Gasteiger partial charge on any atom is 0.313 e. The van der Waals surface area contributed by atoms with Gasteiger partial charge in [-0.15, -0.1) is 11.8 Å². The number of rotatable bonds is 8. The van der Waals surface area contributed by atoms with Crippen LogP contribution in [-0.2, 0) is 4.79 Å². The molecule has 1 aromatic heterocycles. The van der Waals surface area contributed by atoms with Crippen LogP contribution in [0.2, 0.25) is 0 Å². The first-order chi connectivity index (χ1) is 11.5. The summed E-state index contributed by atoms with van der Waals surface area (Å²) in [5.74, 6) is 0.759. The van der Waals surface area contributed by atoms with Crippen LogP contribution in [-0.4, -0.2) is 35.0 Å². The lowest BCUT2D eigenvalue weighted by molar-refractivity contribution is -0.133. The molecule has 0 saturated heterocycles. The molecule has 5 nitrogen and oxygen atoms in total. The molecule has 2 N–H and O–H groups in total. The van der Waals surface area contributed by atoms with Gasteiger partial charge in [-0.3, -0.25) is 9.59 Å². The fourth-order valence-electron chi connectivity index (χ4n) is 2.15. The Bertz CT molecular complexity index is 709. The predicted octanol–water partition coefficient (Wildman–Crippen LogP) is 3.62. The Labute approximate surface area is 145 Å². The minimum Gasteiger partial charge on any atom is -0.481 e. The molecule has 2 rings (SSSR count). The molecule has 0 spiro atoms. The molecule has 1 aromatic carbocycles. The molecule has 2 aromatic rings. The van der Waals surface area contributed by atoms with Crippen molar-refractivity contribution in [1.82, 2.24) is 5.32 Å². The van der Waals surface area contributed by atoms with Crippen LogP contribution in [0.3, 0.4) is 0 Å². The third-order valence-corrected chi connectivity index (χ3v) is 4.37. The van der Waals surface area contributed by atoms with Crippen molar-refractivity contribution in [3.8, 4) is 11.3 Å². The van der Waals surface area contributed by atoms with E-state index in [0.717, 1.165) is 5.56 Å². The van der Waals surface area contributed by atoms with Crippen molar-refractivity contribution >= 4 is 23.6 Å². The van der Waals surface area contributed by atoms with E-state index < -0.39 is 5.97 Å². The number of furan rings is 1. The normalized spacial score (nSPS) is 10.8. The first kappa shape index (κ1) is 18.1. The Morgan fingerprint density at radius 3 is 2.75 bits per heavy atom. The van der Waals surface area contributed by atoms with E-state index in [2.05, 4.69) is 31.3 Å². The molecule has 6 heteroatoms. The van der Waals surface area contributed by atoms with Gasteiger partial charge >= 0.3 is 5.97 Å². The fourth-order valence-corrected chi connectivity index (χ4v) is 2.71. The zero-order valence-electron chi connectivity index (χ0n) is 13.7. The summed E-state index contributed by atoms with van der Waals surface area (Å²) in [5.41, 5.74) is 2.16. The summed E-state index contributed by atoms with van der Waals surface area (Å²) in [6.07, 6.45) is 0. The number of hydrogen-bond acceptors (Lipinski definition) is 4. The van der Waals surface area contributed by atoms with E-state index in [1.165, 1.54) is 17.3 Å². The lowest BCUT2D eigenvalue weighted by atomic mass is 10.0. The molecule has 1 heterocycles. The van der Waals surface area contributed by atoms with Crippen LogP contribution in [0.1, 0.15) is 35.9 Å². The largest absolute Gasteiger partial charge is 0.481 e. The highest BCUT2D eigenvalue weighted by Crippen LogP contribution is 2.25. The summed E-state index contributed by atoms with van der Waals surface area (Å²) < 4.78 is 5.65. The van der Waals surface area contributed by atoms with Crippen molar-refractivity contribution in [2.75, 3.05) is 18.1 Å². The molecule has 1 amide bonds. The standard InChI is InChI=1S/C18H21NO4S/c1-12(2)13-4-3-5-14(10-13)15-6-7-16(23-15)18(22)19-8-9-24-11-17(20)21/h3-7,10,12H,8-9,11H2,1-2H3,(H,19,22)(H,20,21). The van der Waals surface area contributed by atoms with Gasteiger partial charge in [-0.2, -0.15) is 0 Å². The molecule has 128 valence electrons. The van der Waals surface area contributed by atoms with Crippen molar-refractivity contribution in [2.45, 2.75) is 19.8 Å². The van der Waals surface area contributed by atoms with Crippen molar-refractivity contribution in [3.63, 3.8) is 0 Å². The van der Waals surface area contributed by atoms with Gasteiger partial charge in [0.15, 0.2) is 5.76 Å². The van der Waals surface area contributed by atoms with Gasteiger partial charge in [0, 0.05) is 17.9 Å². The maximum atomic E-state index is 12.0. The Morgan fingerprint density at radius 1 is 1.25 bits per heavy atom. The third kappa shape index (κ3) is 5.16. The number of carbonyl (C=O) groups is 2. The van der Waals surface area contributed by atoms with Gasteiger partial charge in [-0.1, -0.05) is 32.0 Å². The zero-order valence-corrected chi connectivity index (χ0v) is 14.6. The molecule has 0 aliphatic rings. The molecule has 0 saturated carbocycles. The number of aliphatic carboxylic acids is 1. The first-order valence-corrected chi connectivity index (χ1v) is 8.90. The van der Waals surface area contributed by atoms with Crippen LogP contribution in [0.5, 0.6) is 0 Å². The summed E-state index contributed by atoms with van der Waals surface area (Å²) in [4.78, 5) is 22.4. The van der Waals surface area contributed by atoms with E-state index in [1.54, 1.807) is 12.1 Å². The predicted molar refractivity (Wildman–Crippen MR) is 95.5 cm³/mol. The monoisotopic (exact) mass is 347 g/mol. The SMILES string of the molecule is CC(C)c1cccc(-c2ccc(C(=O)NCCSCC(=O)O)o2)c1. The second-order valence-electron chi connectivity index (χ2n) is 5.65. The van der Waals surface area contributed by atoms with E-state index in [4.69, 9.17) is 9.52 Å². The molecule has 0 atom stereocenters. The minimum absolute atomic E-state index is 0.0347. The molecule has 0 aliphatic carbocycles. The molecule has 0 bridgehead atoms. The lowest BCUT2D eigenvalue weighted by Crippen LogP contribution is -2.25. The number of benzene rings is 1. The van der Waals surface area contributed by atoms with Gasteiger partial charge in [0.05, 0.1) is 5.75 Å². The van der Waals surface area contributed by atoms with E-state index in [9.17, 15) is 9.59 Å². The number of carbonyl (C=O) groups excluding carboxylic acids is 1. The van der Waals surface area contributed by atoms with Gasteiger partial charge in [0.1, 0.15) is 5.76 Å². The van der Waals surface area contributed by atoms with Gasteiger partial charge in [-0.05, 0) is 29.7 Å². The number of nitrogens with one attached hydrogen (secondary N) is 1. The summed E-state index contributed by atoms with van der Waals surface area (Å²) >= 11 is 1.26. The smallest absolute Gasteiger partial charge is 0.313 e. The Kier molecular flexibility index (Phi) is 6.49.